The second-order valence-corrected chi connectivity index (χ2v) is 8.34. The van der Waals surface area contributed by atoms with Crippen LogP contribution in [0.4, 0.5) is 0 Å². The number of hydrogen-bond donors (Lipinski definition) is 0. The molecule has 0 unspecified atom stereocenters. The molecular weight excluding hydrogens is 368 g/mol. The van der Waals surface area contributed by atoms with Gasteiger partial charge >= 0.3 is 0 Å². The highest BCUT2D eigenvalue weighted by Gasteiger charge is 2.28. The summed E-state index contributed by atoms with van der Waals surface area (Å²) in [5.74, 6) is 1.29. The third-order valence-electron chi connectivity index (χ3n) is 4.66. The Hall–Kier alpha value is -1.86. The smallest absolute Gasteiger partial charge is 0.265 e. The number of thioether (sulfide) groups is 1. The van der Waals surface area contributed by atoms with Gasteiger partial charge in [0.2, 0.25) is 0 Å². The van der Waals surface area contributed by atoms with Crippen molar-refractivity contribution < 1.29 is 14.3 Å². The van der Waals surface area contributed by atoms with E-state index in [2.05, 4.69) is 6.92 Å². The number of carbonyl (C=O) groups is 2. The first kappa shape index (κ1) is 18.9. The Morgan fingerprint density at radius 3 is 2.54 bits per heavy atom. The summed E-state index contributed by atoms with van der Waals surface area (Å²) < 4.78 is 6.18. The van der Waals surface area contributed by atoms with Crippen LogP contribution in [0.5, 0.6) is 5.75 Å². The molecule has 7 heteroatoms. The molecule has 5 nitrogen and oxygen atoms in total. The number of amides is 2. The van der Waals surface area contributed by atoms with Crippen LogP contribution >= 0.6 is 24.0 Å². The van der Waals surface area contributed by atoms with E-state index in [9.17, 15) is 9.59 Å². The van der Waals surface area contributed by atoms with Gasteiger partial charge in [0.05, 0.1) is 4.91 Å². The van der Waals surface area contributed by atoms with Gasteiger partial charge in [-0.2, -0.15) is 0 Å². The zero-order valence-corrected chi connectivity index (χ0v) is 16.6. The average molecular weight is 391 g/mol. The molecule has 3 rings (SSSR count). The number of benzene rings is 1. The molecule has 2 amide bonds. The minimum atomic E-state index is -0.0817. The highest BCUT2D eigenvalue weighted by Crippen LogP contribution is 2.31. The third-order valence-corrected chi connectivity index (χ3v) is 6.15. The van der Waals surface area contributed by atoms with Gasteiger partial charge in [-0.25, -0.2) is 0 Å². The van der Waals surface area contributed by atoms with Crippen molar-refractivity contribution in [3.63, 3.8) is 0 Å². The lowest BCUT2D eigenvalue weighted by Crippen LogP contribution is -2.40. The molecule has 2 aliphatic heterocycles. The largest absolute Gasteiger partial charge is 0.484 e. The second kappa shape index (κ2) is 8.22. The van der Waals surface area contributed by atoms with Crippen molar-refractivity contribution in [3.8, 4) is 5.75 Å². The minimum absolute atomic E-state index is 0.0348. The summed E-state index contributed by atoms with van der Waals surface area (Å²) in [5.41, 5.74) is 0.891. The Morgan fingerprint density at radius 2 is 1.96 bits per heavy atom. The molecule has 2 fully saturated rings. The van der Waals surface area contributed by atoms with E-state index in [1.54, 1.807) is 7.05 Å². The monoisotopic (exact) mass is 390 g/mol. The molecule has 0 radical (unpaired) electrons. The predicted octanol–water partition coefficient (Wildman–Crippen LogP) is 3.15. The lowest BCUT2D eigenvalue weighted by molar-refractivity contribution is -0.134. The van der Waals surface area contributed by atoms with E-state index in [0.29, 0.717) is 20.9 Å². The SMILES string of the molecule is CC1CCN(C(=O)COc2ccc(/C=C3\SC(=S)N(C)C3=O)cc2)CC1. The van der Waals surface area contributed by atoms with Crippen molar-refractivity contribution >= 4 is 46.2 Å². The fraction of sp³-hybridized carbons (Fsp3) is 0.421. The normalized spacial score (nSPS) is 20.2. The van der Waals surface area contributed by atoms with Gasteiger partial charge in [0.1, 0.15) is 10.1 Å². The molecule has 0 bridgehead atoms. The summed E-state index contributed by atoms with van der Waals surface area (Å²) in [6.45, 7) is 3.91. The molecule has 1 aromatic carbocycles. The van der Waals surface area contributed by atoms with Crippen LogP contribution in [0.1, 0.15) is 25.3 Å². The summed E-state index contributed by atoms with van der Waals surface area (Å²) in [5, 5.41) is 0. The van der Waals surface area contributed by atoms with Crippen molar-refractivity contribution in [3.05, 3.63) is 34.7 Å². The van der Waals surface area contributed by atoms with E-state index in [-0.39, 0.29) is 18.4 Å². The lowest BCUT2D eigenvalue weighted by Gasteiger charge is -2.30. The maximum Gasteiger partial charge on any atom is 0.265 e. The summed E-state index contributed by atoms with van der Waals surface area (Å²) in [6.07, 6.45) is 3.93. The quantitative estimate of drug-likeness (QED) is 0.584. The first-order valence-electron chi connectivity index (χ1n) is 8.66. The fourth-order valence-corrected chi connectivity index (χ4v) is 4.03. The van der Waals surface area contributed by atoms with Crippen molar-refractivity contribution in [2.24, 2.45) is 5.92 Å². The Balaban J connectivity index is 1.54. The van der Waals surface area contributed by atoms with Gasteiger partial charge in [-0.05, 0) is 42.5 Å². The van der Waals surface area contributed by atoms with Crippen LogP contribution in [0.3, 0.4) is 0 Å². The Kier molecular flexibility index (Phi) is 5.98. The Morgan fingerprint density at radius 1 is 1.31 bits per heavy atom. The maximum absolute atomic E-state index is 12.2. The summed E-state index contributed by atoms with van der Waals surface area (Å²) in [4.78, 5) is 28.2. The van der Waals surface area contributed by atoms with Gasteiger partial charge in [0.15, 0.2) is 6.61 Å². The number of likely N-dealkylation sites (tertiary alicyclic amines) is 1. The van der Waals surface area contributed by atoms with Crippen LogP contribution in [0.2, 0.25) is 0 Å². The van der Waals surface area contributed by atoms with Gasteiger partial charge < -0.3 is 9.64 Å². The number of piperidine rings is 1. The van der Waals surface area contributed by atoms with Gasteiger partial charge in [-0.1, -0.05) is 43.0 Å². The third kappa shape index (κ3) is 4.45. The van der Waals surface area contributed by atoms with Crippen LogP contribution in [-0.4, -0.2) is 52.7 Å². The molecule has 0 aromatic heterocycles. The van der Waals surface area contributed by atoms with Crippen molar-refractivity contribution in [1.29, 1.82) is 0 Å². The Bertz CT molecular complexity index is 738. The van der Waals surface area contributed by atoms with E-state index in [1.807, 2.05) is 35.2 Å². The maximum atomic E-state index is 12.2. The van der Waals surface area contributed by atoms with E-state index >= 15 is 0 Å². The number of ether oxygens (including phenoxy) is 1. The molecule has 0 aliphatic carbocycles. The number of hydrogen-bond acceptors (Lipinski definition) is 5. The lowest BCUT2D eigenvalue weighted by atomic mass is 9.99. The standard InChI is InChI=1S/C19H22N2O3S2/c1-13-7-9-21(10-8-13)17(22)12-24-15-5-3-14(4-6-15)11-16-18(23)20(2)19(25)26-16/h3-6,11,13H,7-10,12H2,1-2H3/b16-11-. The van der Waals surface area contributed by atoms with Gasteiger partial charge in [0, 0.05) is 20.1 Å². The number of nitrogens with zero attached hydrogens (tertiary/aromatic N) is 2. The van der Waals surface area contributed by atoms with Crippen LogP contribution in [0, 0.1) is 5.92 Å². The zero-order chi connectivity index (χ0) is 18.7. The zero-order valence-electron chi connectivity index (χ0n) is 14.9. The van der Waals surface area contributed by atoms with Gasteiger partial charge in [-0.3, -0.25) is 14.5 Å². The molecule has 0 atom stereocenters. The van der Waals surface area contributed by atoms with E-state index < -0.39 is 0 Å². The molecule has 138 valence electrons. The molecule has 2 aliphatic rings. The average Bonchev–Trinajstić information content (AvgIpc) is 2.88. The van der Waals surface area contributed by atoms with E-state index in [4.69, 9.17) is 17.0 Å². The van der Waals surface area contributed by atoms with Crippen molar-refractivity contribution in [2.45, 2.75) is 19.8 Å². The molecule has 2 saturated heterocycles. The molecule has 1 aromatic rings. The topological polar surface area (TPSA) is 49.9 Å². The first-order valence-corrected chi connectivity index (χ1v) is 9.88. The van der Waals surface area contributed by atoms with E-state index in [1.165, 1.54) is 16.7 Å². The van der Waals surface area contributed by atoms with E-state index in [0.717, 1.165) is 31.5 Å². The second-order valence-electron chi connectivity index (χ2n) is 6.66. The molecule has 0 saturated carbocycles. The first-order chi connectivity index (χ1) is 12.4. The summed E-state index contributed by atoms with van der Waals surface area (Å²) >= 11 is 6.42. The molecular formula is C19H22N2O3S2. The van der Waals surface area contributed by atoms with Crippen LogP contribution in [0.15, 0.2) is 29.2 Å². The minimum Gasteiger partial charge on any atom is -0.484 e. The van der Waals surface area contributed by atoms with Crippen molar-refractivity contribution in [1.82, 2.24) is 9.80 Å². The molecule has 26 heavy (non-hydrogen) atoms. The van der Waals surface area contributed by atoms with Crippen molar-refractivity contribution in [2.75, 3.05) is 26.7 Å². The molecule has 0 N–H and O–H groups in total. The number of likely N-dealkylation sites (N-methyl/N-ethyl adjacent to an activating group) is 1. The number of rotatable bonds is 4. The van der Waals surface area contributed by atoms with Crippen LogP contribution in [-0.2, 0) is 9.59 Å². The molecule has 0 spiro atoms. The Labute approximate surface area is 163 Å². The van der Waals surface area contributed by atoms with Crippen LogP contribution in [0.25, 0.3) is 6.08 Å². The van der Waals surface area contributed by atoms with Gasteiger partial charge in [0.25, 0.3) is 11.8 Å². The van der Waals surface area contributed by atoms with Gasteiger partial charge in [-0.15, -0.1) is 0 Å². The molecule has 2 heterocycles. The summed E-state index contributed by atoms with van der Waals surface area (Å²) in [6, 6.07) is 7.35. The highest BCUT2D eigenvalue weighted by atomic mass is 32.2. The highest BCUT2D eigenvalue weighted by molar-refractivity contribution is 8.26. The van der Waals surface area contributed by atoms with Crippen LogP contribution < -0.4 is 4.74 Å². The summed E-state index contributed by atoms with van der Waals surface area (Å²) in [7, 11) is 1.68. The fourth-order valence-electron chi connectivity index (χ4n) is 2.85. The number of carbonyl (C=O) groups excluding carboxylic acids is 2. The predicted molar refractivity (Wildman–Crippen MR) is 108 cm³/mol. The number of thiocarbonyl (C=S) groups is 1.